The minimum absolute atomic E-state index is 0.00438. The number of hydrogen-bond acceptors (Lipinski definition) is 3. The Morgan fingerprint density at radius 2 is 1.84 bits per heavy atom. The Labute approximate surface area is 148 Å². The van der Waals surface area contributed by atoms with Crippen LogP contribution < -0.4 is 10.6 Å². The Morgan fingerprint density at radius 1 is 1.16 bits per heavy atom. The lowest BCUT2D eigenvalue weighted by molar-refractivity contribution is -0.120. The van der Waals surface area contributed by atoms with Crippen molar-refractivity contribution in [2.24, 2.45) is 0 Å². The first-order valence-corrected chi connectivity index (χ1v) is 8.47. The molecule has 134 valence electrons. The summed E-state index contributed by atoms with van der Waals surface area (Å²) in [5.41, 5.74) is 1.64. The molecule has 25 heavy (non-hydrogen) atoms. The van der Waals surface area contributed by atoms with Crippen LogP contribution in [0.3, 0.4) is 0 Å². The Kier molecular flexibility index (Phi) is 6.02. The van der Waals surface area contributed by atoms with E-state index in [1.807, 2.05) is 25.1 Å². The van der Waals surface area contributed by atoms with Crippen LogP contribution >= 0.6 is 0 Å². The molecule has 0 fully saturated rings. The van der Waals surface area contributed by atoms with Crippen LogP contribution in [0, 0.1) is 6.92 Å². The fraction of sp³-hybridized carbons (Fsp3) is 0.400. The van der Waals surface area contributed by atoms with E-state index in [2.05, 4.69) is 36.6 Å². The molecule has 1 heterocycles. The van der Waals surface area contributed by atoms with Crippen LogP contribution in [0.1, 0.15) is 48.9 Å². The highest BCUT2D eigenvalue weighted by atomic mass is 16.3. The Balaban J connectivity index is 1.82. The average molecular weight is 342 g/mol. The summed E-state index contributed by atoms with van der Waals surface area (Å²) in [6.45, 7) is 7.95. The van der Waals surface area contributed by atoms with Gasteiger partial charge in [-0.15, -0.1) is 0 Å². The molecular weight excluding hydrogens is 316 g/mol. The first-order chi connectivity index (χ1) is 11.8. The molecule has 0 unspecified atom stereocenters. The van der Waals surface area contributed by atoms with E-state index in [0.717, 1.165) is 6.42 Å². The number of furan rings is 1. The van der Waals surface area contributed by atoms with Crippen LogP contribution in [0.4, 0.5) is 0 Å². The lowest BCUT2D eigenvalue weighted by Crippen LogP contribution is -2.42. The molecule has 0 aliphatic rings. The van der Waals surface area contributed by atoms with Crippen molar-refractivity contribution in [3.63, 3.8) is 0 Å². The second kappa shape index (κ2) is 8.01. The van der Waals surface area contributed by atoms with E-state index in [-0.39, 0.29) is 29.8 Å². The molecule has 2 amide bonds. The zero-order chi connectivity index (χ0) is 18.4. The number of aryl methyl sites for hydroxylation is 1. The van der Waals surface area contributed by atoms with Gasteiger partial charge in [-0.2, -0.15) is 0 Å². The van der Waals surface area contributed by atoms with Crippen molar-refractivity contribution < 1.29 is 14.0 Å². The van der Waals surface area contributed by atoms with Crippen LogP contribution in [-0.4, -0.2) is 24.4 Å². The van der Waals surface area contributed by atoms with Gasteiger partial charge in [0.05, 0.1) is 18.4 Å². The third kappa shape index (κ3) is 5.21. The summed E-state index contributed by atoms with van der Waals surface area (Å²) >= 11 is 0. The van der Waals surface area contributed by atoms with E-state index in [1.165, 1.54) is 11.8 Å². The molecule has 1 aromatic carbocycles. The number of nitrogens with one attached hydrogen (secondary N) is 2. The standard InChI is InChI=1S/C20H26N2O3/c1-14(12-20(3,4)16-8-6-5-7-9-16)22-18(23)13-21-19(24)17-10-11-25-15(17)2/h5-11,14H,12-13H2,1-4H3,(H,21,24)(H,22,23)/t14-/m1/s1. The second-order valence-corrected chi connectivity index (χ2v) is 7.00. The van der Waals surface area contributed by atoms with Gasteiger partial charge in [0.25, 0.3) is 5.91 Å². The van der Waals surface area contributed by atoms with Crippen LogP contribution in [0.2, 0.25) is 0 Å². The number of benzene rings is 1. The number of carbonyl (C=O) groups excluding carboxylic acids is 2. The predicted molar refractivity (Wildman–Crippen MR) is 97.5 cm³/mol. The van der Waals surface area contributed by atoms with Crippen molar-refractivity contribution in [1.82, 2.24) is 10.6 Å². The molecule has 2 rings (SSSR count). The summed E-state index contributed by atoms with van der Waals surface area (Å²) in [5, 5.41) is 5.56. The largest absolute Gasteiger partial charge is 0.469 e. The van der Waals surface area contributed by atoms with Crippen molar-refractivity contribution >= 4 is 11.8 Å². The van der Waals surface area contributed by atoms with Crippen LogP contribution in [0.15, 0.2) is 47.1 Å². The molecule has 0 spiro atoms. The van der Waals surface area contributed by atoms with Gasteiger partial charge >= 0.3 is 0 Å². The summed E-state index contributed by atoms with van der Waals surface area (Å²) in [6, 6.07) is 11.8. The van der Waals surface area contributed by atoms with E-state index in [1.54, 1.807) is 13.0 Å². The Morgan fingerprint density at radius 3 is 2.44 bits per heavy atom. The average Bonchev–Trinajstić information content (AvgIpc) is 2.99. The van der Waals surface area contributed by atoms with Crippen LogP contribution in [0.25, 0.3) is 0 Å². The summed E-state index contributed by atoms with van der Waals surface area (Å²) < 4.78 is 5.09. The molecule has 2 aromatic rings. The molecule has 2 N–H and O–H groups in total. The Bertz CT molecular complexity index is 720. The van der Waals surface area contributed by atoms with Gasteiger partial charge in [0, 0.05) is 6.04 Å². The minimum atomic E-state index is -0.307. The molecule has 0 aliphatic heterocycles. The van der Waals surface area contributed by atoms with Gasteiger partial charge in [-0.05, 0) is 37.3 Å². The van der Waals surface area contributed by atoms with Gasteiger partial charge in [0.1, 0.15) is 5.76 Å². The normalized spacial score (nSPS) is 12.5. The summed E-state index contributed by atoms with van der Waals surface area (Å²) in [6.07, 6.45) is 2.26. The molecule has 5 nitrogen and oxygen atoms in total. The van der Waals surface area contributed by atoms with Crippen LogP contribution in [0.5, 0.6) is 0 Å². The number of rotatable bonds is 7. The molecule has 1 aromatic heterocycles. The lowest BCUT2D eigenvalue weighted by Gasteiger charge is -2.29. The van der Waals surface area contributed by atoms with E-state index >= 15 is 0 Å². The maximum Gasteiger partial charge on any atom is 0.255 e. The fourth-order valence-electron chi connectivity index (χ4n) is 3.03. The molecule has 0 saturated heterocycles. The number of hydrogen-bond donors (Lipinski definition) is 2. The highest BCUT2D eigenvalue weighted by Crippen LogP contribution is 2.28. The van der Waals surface area contributed by atoms with Gasteiger partial charge < -0.3 is 15.1 Å². The molecule has 0 aliphatic carbocycles. The van der Waals surface area contributed by atoms with Gasteiger partial charge in [-0.3, -0.25) is 9.59 Å². The lowest BCUT2D eigenvalue weighted by atomic mass is 9.79. The zero-order valence-electron chi connectivity index (χ0n) is 15.3. The number of amides is 2. The first-order valence-electron chi connectivity index (χ1n) is 8.47. The topological polar surface area (TPSA) is 71.3 Å². The minimum Gasteiger partial charge on any atom is -0.469 e. The maximum atomic E-state index is 12.1. The van der Waals surface area contributed by atoms with Crippen molar-refractivity contribution in [3.05, 3.63) is 59.5 Å². The molecular formula is C20H26N2O3. The third-order valence-electron chi connectivity index (χ3n) is 4.29. The van der Waals surface area contributed by atoms with Gasteiger partial charge in [-0.1, -0.05) is 44.2 Å². The quantitative estimate of drug-likeness (QED) is 0.812. The van der Waals surface area contributed by atoms with E-state index in [0.29, 0.717) is 11.3 Å². The van der Waals surface area contributed by atoms with E-state index in [9.17, 15) is 9.59 Å². The molecule has 0 saturated carbocycles. The summed E-state index contributed by atoms with van der Waals surface area (Å²) in [4.78, 5) is 24.1. The van der Waals surface area contributed by atoms with Crippen molar-refractivity contribution in [1.29, 1.82) is 0 Å². The maximum absolute atomic E-state index is 12.1. The smallest absolute Gasteiger partial charge is 0.255 e. The molecule has 5 heteroatoms. The molecule has 0 radical (unpaired) electrons. The predicted octanol–water partition coefficient (Wildman–Crippen LogP) is 3.19. The SMILES string of the molecule is Cc1occc1C(=O)NCC(=O)N[C@H](C)CC(C)(C)c1ccccc1. The monoisotopic (exact) mass is 342 g/mol. The summed E-state index contributed by atoms with van der Waals surface area (Å²) in [7, 11) is 0. The fourth-order valence-corrected chi connectivity index (χ4v) is 3.03. The zero-order valence-corrected chi connectivity index (χ0v) is 15.3. The highest BCUT2D eigenvalue weighted by Gasteiger charge is 2.24. The summed E-state index contributed by atoms with van der Waals surface area (Å²) in [5.74, 6) is 0.0282. The second-order valence-electron chi connectivity index (χ2n) is 7.00. The van der Waals surface area contributed by atoms with Crippen molar-refractivity contribution in [2.75, 3.05) is 6.54 Å². The highest BCUT2D eigenvalue weighted by molar-refractivity contribution is 5.97. The molecule has 0 bridgehead atoms. The van der Waals surface area contributed by atoms with E-state index in [4.69, 9.17) is 4.42 Å². The van der Waals surface area contributed by atoms with Crippen LogP contribution in [-0.2, 0) is 10.2 Å². The molecule has 1 atom stereocenters. The van der Waals surface area contributed by atoms with Crippen molar-refractivity contribution in [3.8, 4) is 0 Å². The number of carbonyl (C=O) groups is 2. The van der Waals surface area contributed by atoms with E-state index < -0.39 is 0 Å². The van der Waals surface area contributed by atoms with Gasteiger partial charge in [-0.25, -0.2) is 0 Å². The third-order valence-corrected chi connectivity index (χ3v) is 4.29. The first kappa shape index (κ1) is 18.8. The van der Waals surface area contributed by atoms with Crippen molar-refractivity contribution in [2.45, 2.75) is 45.6 Å². The van der Waals surface area contributed by atoms with Gasteiger partial charge in [0.15, 0.2) is 0 Å². The van der Waals surface area contributed by atoms with Gasteiger partial charge in [0.2, 0.25) is 5.91 Å². The Hall–Kier alpha value is -2.56.